The van der Waals surface area contributed by atoms with Crippen LogP contribution in [0.1, 0.15) is 49.3 Å². The monoisotopic (exact) mass is 465 g/mol. The molecule has 0 saturated carbocycles. The largest absolute Gasteiger partial charge is 0.507 e. The molecule has 1 amide bonds. The molecule has 0 aliphatic carbocycles. The number of phenolic OH excluding ortho intramolecular Hbond substituents is 1. The normalized spacial score (nSPS) is 19.8. The fraction of sp³-hybridized carbons (Fsp3) is 0.480. The number of carbonyl (C=O) groups is 1. The summed E-state index contributed by atoms with van der Waals surface area (Å²) in [6, 6.07) is 7.68. The summed E-state index contributed by atoms with van der Waals surface area (Å²) in [4.78, 5) is 15.1. The first-order chi connectivity index (χ1) is 15.5. The molecule has 0 bridgehead atoms. The zero-order valence-corrected chi connectivity index (χ0v) is 19.3. The summed E-state index contributed by atoms with van der Waals surface area (Å²) in [7, 11) is 2.88. The van der Waals surface area contributed by atoms with Crippen LogP contribution in [0.3, 0.4) is 0 Å². The third kappa shape index (κ3) is 5.72. The van der Waals surface area contributed by atoms with Gasteiger partial charge in [0.15, 0.2) is 0 Å². The summed E-state index contributed by atoms with van der Waals surface area (Å²) < 4.78 is 50.0. The molecule has 33 heavy (non-hydrogen) atoms. The molecule has 0 aromatic heterocycles. The average molecular weight is 466 g/mol. The number of likely N-dealkylation sites (tertiary alicyclic amines) is 1. The number of amides is 1. The molecule has 180 valence electrons. The lowest BCUT2D eigenvalue weighted by Crippen LogP contribution is -2.43. The number of ether oxygens (including phenoxy) is 2. The molecule has 1 saturated heterocycles. The average Bonchev–Trinajstić information content (AvgIpc) is 2.76. The van der Waals surface area contributed by atoms with Crippen LogP contribution in [0.25, 0.3) is 0 Å². The predicted molar refractivity (Wildman–Crippen MR) is 119 cm³/mol. The van der Waals surface area contributed by atoms with Crippen molar-refractivity contribution in [3.05, 3.63) is 53.1 Å². The lowest BCUT2D eigenvalue weighted by molar-refractivity contribution is -0.137. The Kier molecular flexibility index (Phi) is 7.44. The van der Waals surface area contributed by atoms with Gasteiger partial charge >= 0.3 is 6.18 Å². The molecule has 5 nitrogen and oxygen atoms in total. The summed E-state index contributed by atoms with van der Waals surface area (Å²) in [5, 5.41) is 10.8. The zero-order valence-electron chi connectivity index (χ0n) is 19.3. The molecule has 0 spiro atoms. The van der Waals surface area contributed by atoms with E-state index in [4.69, 9.17) is 9.47 Å². The topological polar surface area (TPSA) is 59.0 Å². The Morgan fingerprint density at radius 2 is 1.70 bits per heavy atom. The van der Waals surface area contributed by atoms with E-state index in [0.29, 0.717) is 47.6 Å². The van der Waals surface area contributed by atoms with Crippen molar-refractivity contribution in [2.75, 3.05) is 27.3 Å². The van der Waals surface area contributed by atoms with Crippen LogP contribution in [-0.2, 0) is 11.0 Å². The highest BCUT2D eigenvalue weighted by atomic mass is 19.4. The molecular formula is C25H30F3NO4. The van der Waals surface area contributed by atoms with E-state index in [9.17, 15) is 23.1 Å². The van der Waals surface area contributed by atoms with Gasteiger partial charge in [-0.15, -0.1) is 0 Å². The van der Waals surface area contributed by atoms with Crippen LogP contribution in [0.4, 0.5) is 13.2 Å². The molecule has 2 aromatic rings. The van der Waals surface area contributed by atoms with Crippen molar-refractivity contribution in [2.24, 2.45) is 11.8 Å². The minimum atomic E-state index is -4.47. The molecule has 1 aliphatic heterocycles. The van der Waals surface area contributed by atoms with E-state index in [1.54, 1.807) is 6.07 Å². The third-order valence-electron chi connectivity index (χ3n) is 6.14. The van der Waals surface area contributed by atoms with Gasteiger partial charge in [0.25, 0.3) is 0 Å². The Morgan fingerprint density at radius 3 is 2.21 bits per heavy atom. The van der Waals surface area contributed by atoms with Gasteiger partial charge in [0.05, 0.1) is 19.8 Å². The van der Waals surface area contributed by atoms with Crippen LogP contribution in [0, 0.1) is 11.8 Å². The van der Waals surface area contributed by atoms with Crippen molar-refractivity contribution in [3.8, 4) is 17.2 Å². The fourth-order valence-corrected chi connectivity index (χ4v) is 4.69. The Morgan fingerprint density at radius 1 is 1.09 bits per heavy atom. The minimum absolute atomic E-state index is 0.0128. The Hall–Kier alpha value is -2.90. The first kappa shape index (κ1) is 24.7. The minimum Gasteiger partial charge on any atom is -0.507 e. The van der Waals surface area contributed by atoms with Gasteiger partial charge in [-0.25, -0.2) is 0 Å². The number of rotatable bonds is 6. The maximum atomic E-state index is 13.3. The summed E-state index contributed by atoms with van der Waals surface area (Å²) >= 11 is 0. The predicted octanol–water partition coefficient (Wildman–Crippen LogP) is 5.45. The second-order valence-electron chi connectivity index (χ2n) is 8.88. The standard InChI is InChI=1S/C25H30F3NO4/c1-15-9-16(2)14-29(13-15)23(31)12-20(17-5-7-18(8-6-17)25(26,27)28)24-21(30)10-19(32-3)11-22(24)33-4/h5-8,10-11,15-16,20,30H,9,12-14H2,1-4H3/t15-,16+,20?. The molecule has 1 unspecified atom stereocenters. The lowest BCUT2D eigenvalue weighted by Gasteiger charge is -2.36. The second-order valence-corrected chi connectivity index (χ2v) is 8.88. The number of piperidine rings is 1. The van der Waals surface area contributed by atoms with E-state index >= 15 is 0 Å². The Balaban J connectivity index is 2.03. The summed E-state index contributed by atoms with van der Waals surface area (Å²) in [6.07, 6.45) is -3.44. The number of carbonyl (C=O) groups excluding carboxylic acids is 1. The highest BCUT2D eigenvalue weighted by Crippen LogP contribution is 2.44. The molecular weight excluding hydrogens is 435 g/mol. The van der Waals surface area contributed by atoms with Gasteiger partial charge in [-0.05, 0) is 36.0 Å². The molecule has 1 heterocycles. The van der Waals surface area contributed by atoms with Crippen LogP contribution < -0.4 is 9.47 Å². The Labute approximate surface area is 192 Å². The maximum absolute atomic E-state index is 13.3. The molecule has 3 atom stereocenters. The number of nitrogens with zero attached hydrogens (tertiary/aromatic N) is 1. The number of phenols is 1. The van der Waals surface area contributed by atoms with Gasteiger partial charge in [0.1, 0.15) is 17.2 Å². The number of halogens is 3. The highest BCUT2D eigenvalue weighted by Gasteiger charge is 2.33. The van der Waals surface area contributed by atoms with E-state index in [-0.39, 0.29) is 18.1 Å². The molecule has 8 heteroatoms. The Bertz CT molecular complexity index is 965. The van der Waals surface area contributed by atoms with E-state index in [0.717, 1.165) is 18.6 Å². The van der Waals surface area contributed by atoms with Crippen molar-refractivity contribution in [1.29, 1.82) is 0 Å². The first-order valence-corrected chi connectivity index (χ1v) is 10.9. The first-order valence-electron chi connectivity index (χ1n) is 10.9. The van der Waals surface area contributed by atoms with Gasteiger partial charge < -0.3 is 19.5 Å². The zero-order chi connectivity index (χ0) is 24.3. The van der Waals surface area contributed by atoms with E-state index in [1.807, 2.05) is 4.90 Å². The number of benzene rings is 2. The highest BCUT2D eigenvalue weighted by molar-refractivity contribution is 5.78. The lowest BCUT2D eigenvalue weighted by atomic mass is 9.85. The van der Waals surface area contributed by atoms with Gasteiger partial charge in [0.2, 0.25) is 5.91 Å². The summed E-state index contributed by atoms with van der Waals surface area (Å²) in [5.41, 5.74) is 0.0404. The van der Waals surface area contributed by atoms with Gasteiger partial charge in [0, 0.05) is 43.1 Å². The molecule has 0 radical (unpaired) electrons. The van der Waals surface area contributed by atoms with Crippen LogP contribution in [0.2, 0.25) is 0 Å². The molecule has 1 aliphatic rings. The van der Waals surface area contributed by atoms with Crippen molar-refractivity contribution in [1.82, 2.24) is 4.90 Å². The quantitative estimate of drug-likeness (QED) is 0.616. The molecule has 3 rings (SSSR count). The second kappa shape index (κ2) is 9.93. The van der Waals surface area contributed by atoms with E-state index in [1.165, 1.54) is 32.4 Å². The number of methoxy groups -OCH3 is 2. The van der Waals surface area contributed by atoms with E-state index < -0.39 is 17.7 Å². The fourth-order valence-electron chi connectivity index (χ4n) is 4.69. The number of aromatic hydroxyl groups is 1. The summed E-state index contributed by atoms with van der Waals surface area (Å²) in [6.45, 7) is 5.46. The SMILES string of the molecule is COc1cc(O)c(C(CC(=O)N2C[C@H](C)C[C@H](C)C2)c2ccc(C(F)(F)F)cc2)c(OC)c1. The van der Waals surface area contributed by atoms with Gasteiger partial charge in [-0.1, -0.05) is 26.0 Å². The molecule has 1 N–H and O–H groups in total. The van der Waals surface area contributed by atoms with Crippen molar-refractivity contribution in [2.45, 2.75) is 38.8 Å². The summed E-state index contributed by atoms with van der Waals surface area (Å²) in [5.74, 6) is 0.430. The van der Waals surface area contributed by atoms with Crippen LogP contribution in [-0.4, -0.2) is 43.2 Å². The number of hydrogen-bond acceptors (Lipinski definition) is 4. The van der Waals surface area contributed by atoms with E-state index in [2.05, 4.69) is 13.8 Å². The van der Waals surface area contributed by atoms with Gasteiger partial charge in [-0.2, -0.15) is 13.2 Å². The van der Waals surface area contributed by atoms with Crippen LogP contribution >= 0.6 is 0 Å². The molecule has 1 fully saturated rings. The number of alkyl halides is 3. The number of hydrogen-bond donors (Lipinski definition) is 1. The van der Waals surface area contributed by atoms with Crippen molar-refractivity contribution >= 4 is 5.91 Å². The van der Waals surface area contributed by atoms with Gasteiger partial charge in [-0.3, -0.25) is 4.79 Å². The van der Waals surface area contributed by atoms with Crippen molar-refractivity contribution < 1.29 is 32.5 Å². The third-order valence-corrected chi connectivity index (χ3v) is 6.14. The molecule has 2 aromatic carbocycles. The smallest absolute Gasteiger partial charge is 0.416 e. The van der Waals surface area contributed by atoms with Crippen LogP contribution in [0.15, 0.2) is 36.4 Å². The van der Waals surface area contributed by atoms with Crippen LogP contribution in [0.5, 0.6) is 17.2 Å². The van der Waals surface area contributed by atoms with Crippen molar-refractivity contribution in [3.63, 3.8) is 0 Å². The maximum Gasteiger partial charge on any atom is 0.416 e.